The van der Waals surface area contributed by atoms with Crippen molar-refractivity contribution in [1.82, 2.24) is 0 Å². The number of ether oxygens (including phenoxy) is 2. The van der Waals surface area contributed by atoms with Crippen molar-refractivity contribution < 1.29 is 24.2 Å². The maximum Gasteiger partial charge on any atom is 0.311 e. The zero-order chi connectivity index (χ0) is 15.3. The summed E-state index contributed by atoms with van der Waals surface area (Å²) >= 11 is 0. The van der Waals surface area contributed by atoms with Crippen molar-refractivity contribution in [3.8, 4) is 5.75 Å². The molecule has 0 aliphatic rings. The van der Waals surface area contributed by atoms with E-state index in [1.54, 1.807) is 45.0 Å². The van der Waals surface area contributed by atoms with Crippen LogP contribution in [-0.4, -0.2) is 29.8 Å². The number of carbonyl (C=O) groups is 2. The zero-order valence-corrected chi connectivity index (χ0v) is 12.2. The molecule has 110 valence electrons. The highest BCUT2D eigenvalue weighted by Gasteiger charge is 2.26. The fourth-order valence-corrected chi connectivity index (χ4v) is 1.73. The van der Waals surface area contributed by atoms with Crippen molar-refractivity contribution in [2.24, 2.45) is 0 Å². The summed E-state index contributed by atoms with van der Waals surface area (Å²) in [4.78, 5) is 23.1. The molecule has 5 nitrogen and oxygen atoms in total. The number of hydrogen-bond donors (Lipinski definition) is 1. The molecular formula is C15H20O5. The molecule has 0 aliphatic heterocycles. The maximum absolute atomic E-state index is 11.8. The molecule has 20 heavy (non-hydrogen) atoms. The molecule has 5 heteroatoms. The van der Waals surface area contributed by atoms with Gasteiger partial charge in [-0.1, -0.05) is 12.1 Å². The molecule has 0 radical (unpaired) electrons. The quantitative estimate of drug-likeness (QED) is 0.839. The molecule has 1 aromatic carbocycles. The summed E-state index contributed by atoms with van der Waals surface area (Å²) in [5.41, 5.74) is -0.0794. The average Bonchev–Trinajstić information content (AvgIpc) is 2.34. The van der Waals surface area contributed by atoms with Crippen molar-refractivity contribution in [2.75, 3.05) is 7.11 Å². The highest BCUT2D eigenvalue weighted by atomic mass is 16.6. The minimum absolute atomic E-state index is 0.196. The molecule has 0 saturated carbocycles. The predicted molar refractivity (Wildman–Crippen MR) is 73.8 cm³/mol. The van der Waals surface area contributed by atoms with Crippen molar-refractivity contribution in [2.45, 2.75) is 38.7 Å². The van der Waals surface area contributed by atoms with Crippen LogP contribution in [0.3, 0.4) is 0 Å². The second-order valence-corrected chi connectivity index (χ2v) is 5.45. The van der Waals surface area contributed by atoms with Crippen LogP contribution in [0.4, 0.5) is 0 Å². The van der Waals surface area contributed by atoms with E-state index in [1.807, 2.05) is 0 Å². The molecule has 0 aliphatic carbocycles. The van der Waals surface area contributed by atoms with Crippen LogP contribution in [0.25, 0.3) is 0 Å². The molecule has 0 bridgehead atoms. The summed E-state index contributed by atoms with van der Waals surface area (Å²) in [6.45, 7) is 5.23. The van der Waals surface area contributed by atoms with Gasteiger partial charge in [0.15, 0.2) is 0 Å². The molecule has 0 spiro atoms. The smallest absolute Gasteiger partial charge is 0.311 e. The Kier molecular flexibility index (Phi) is 5.13. The van der Waals surface area contributed by atoms with Gasteiger partial charge in [0.1, 0.15) is 11.4 Å². The number of carboxylic acid groups (broad SMARTS) is 1. The zero-order valence-electron chi connectivity index (χ0n) is 12.2. The first-order valence-corrected chi connectivity index (χ1v) is 6.31. The number of esters is 1. The summed E-state index contributed by atoms with van der Waals surface area (Å²) in [7, 11) is 1.53. The van der Waals surface area contributed by atoms with E-state index in [0.29, 0.717) is 11.3 Å². The van der Waals surface area contributed by atoms with Crippen LogP contribution in [0.5, 0.6) is 5.75 Å². The first-order chi connectivity index (χ1) is 9.23. The normalized spacial score (nSPS) is 12.6. The molecule has 0 saturated heterocycles. The lowest BCUT2D eigenvalue weighted by Gasteiger charge is -2.21. The van der Waals surface area contributed by atoms with Gasteiger partial charge in [-0.15, -0.1) is 0 Å². The van der Waals surface area contributed by atoms with Crippen LogP contribution in [0.1, 0.15) is 38.7 Å². The Morgan fingerprint density at radius 1 is 1.20 bits per heavy atom. The Bertz CT molecular complexity index is 470. The van der Waals surface area contributed by atoms with E-state index < -0.39 is 23.5 Å². The van der Waals surface area contributed by atoms with Gasteiger partial charge in [-0.05, 0) is 38.5 Å². The summed E-state index contributed by atoms with van der Waals surface area (Å²) in [5.74, 6) is -1.87. The molecule has 0 unspecified atom stereocenters. The molecule has 1 atom stereocenters. The Labute approximate surface area is 118 Å². The monoisotopic (exact) mass is 280 g/mol. The van der Waals surface area contributed by atoms with Crippen molar-refractivity contribution in [3.63, 3.8) is 0 Å². The second kappa shape index (κ2) is 6.41. The van der Waals surface area contributed by atoms with E-state index >= 15 is 0 Å². The number of carbonyl (C=O) groups excluding carboxylic acids is 1. The molecule has 0 heterocycles. The van der Waals surface area contributed by atoms with E-state index in [2.05, 4.69) is 0 Å². The summed E-state index contributed by atoms with van der Waals surface area (Å²) in [6.07, 6.45) is -0.196. The molecule has 1 aromatic rings. The maximum atomic E-state index is 11.8. The third-order valence-electron chi connectivity index (χ3n) is 2.61. The summed E-state index contributed by atoms with van der Waals surface area (Å²) in [6, 6.07) is 6.62. The standard InChI is InChI=1S/C15H20O5/c1-15(2,3)20-13(16)9-12(14(17)18)10-5-7-11(19-4)8-6-10/h5-8,12H,9H2,1-4H3,(H,17,18)/t12-/m0/s1. The number of aliphatic carboxylic acids is 1. The largest absolute Gasteiger partial charge is 0.497 e. The first kappa shape index (κ1) is 16.0. The SMILES string of the molecule is COc1ccc([C@H](CC(=O)OC(C)(C)C)C(=O)O)cc1. The van der Waals surface area contributed by atoms with Crippen LogP contribution < -0.4 is 4.74 Å². The Morgan fingerprint density at radius 3 is 2.15 bits per heavy atom. The van der Waals surface area contributed by atoms with Gasteiger partial charge >= 0.3 is 11.9 Å². The Balaban J connectivity index is 2.83. The average molecular weight is 280 g/mol. The molecule has 1 N–H and O–H groups in total. The summed E-state index contributed by atoms with van der Waals surface area (Å²) in [5, 5.41) is 9.26. The van der Waals surface area contributed by atoms with Crippen molar-refractivity contribution in [3.05, 3.63) is 29.8 Å². The van der Waals surface area contributed by atoms with Gasteiger partial charge in [-0.2, -0.15) is 0 Å². The fraction of sp³-hybridized carbons (Fsp3) is 0.467. The van der Waals surface area contributed by atoms with Gasteiger partial charge in [-0.25, -0.2) is 0 Å². The number of methoxy groups -OCH3 is 1. The number of rotatable bonds is 5. The molecule has 0 amide bonds. The van der Waals surface area contributed by atoms with E-state index in [0.717, 1.165) is 0 Å². The summed E-state index contributed by atoms with van der Waals surface area (Å²) < 4.78 is 10.2. The fourth-order valence-electron chi connectivity index (χ4n) is 1.73. The van der Waals surface area contributed by atoms with Crippen molar-refractivity contribution in [1.29, 1.82) is 0 Å². The topological polar surface area (TPSA) is 72.8 Å². The molecule has 0 fully saturated rings. The van der Waals surface area contributed by atoms with Gasteiger partial charge in [0.05, 0.1) is 19.4 Å². The lowest BCUT2D eigenvalue weighted by molar-refractivity contribution is -0.158. The lowest BCUT2D eigenvalue weighted by Crippen LogP contribution is -2.26. The predicted octanol–water partition coefficient (Wildman–Crippen LogP) is 2.60. The van der Waals surface area contributed by atoms with E-state index in [-0.39, 0.29) is 6.42 Å². The van der Waals surface area contributed by atoms with E-state index in [1.165, 1.54) is 7.11 Å². The van der Waals surface area contributed by atoms with Crippen LogP contribution >= 0.6 is 0 Å². The van der Waals surface area contributed by atoms with Crippen LogP contribution in [0.2, 0.25) is 0 Å². The number of benzene rings is 1. The Hall–Kier alpha value is -2.04. The molecule has 1 rings (SSSR count). The number of hydrogen-bond acceptors (Lipinski definition) is 4. The van der Waals surface area contributed by atoms with E-state index in [9.17, 15) is 14.7 Å². The third-order valence-corrected chi connectivity index (χ3v) is 2.61. The van der Waals surface area contributed by atoms with Crippen molar-refractivity contribution >= 4 is 11.9 Å². The number of carboxylic acids is 1. The lowest BCUT2D eigenvalue weighted by atomic mass is 9.96. The van der Waals surface area contributed by atoms with Crippen LogP contribution in [0.15, 0.2) is 24.3 Å². The first-order valence-electron chi connectivity index (χ1n) is 6.31. The van der Waals surface area contributed by atoms with Gasteiger partial charge < -0.3 is 14.6 Å². The third kappa shape index (κ3) is 4.91. The molecular weight excluding hydrogens is 260 g/mol. The molecule has 0 aromatic heterocycles. The van der Waals surface area contributed by atoms with Crippen LogP contribution in [0, 0.1) is 0 Å². The van der Waals surface area contributed by atoms with Gasteiger partial charge in [0.25, 0.3) is 0 Å². The minimum Gasteiger partial charge on any atom is -0.497 e. The van der Waals surface area contributed by atoms with Gasteiger partial charge in [-0.3, -0.25) is 9.59 Å². The van der Waals surface area contributed by atoms with Gasteiger partial charge in [0.2, 0.25) is 0 Å². The van der Waals surface area contributed by atoms with Crippen LogP contribution in [-0.2, 0) is 14.3 Å². The highest BCUT2D eigenvalue weighted by molar-refractivity contribution is 5.83. The Morgan fingerprint density at radius 2 is 1.75 bits per heavy atom. The second-order valence-electron chi connectivity index (χ2n) is 5.45. The highest BCUT2D eigenvalue weighted by Crippen LogP contribution is 2.24. The van der Waals surface area contributed by atoms with Gasteiger partial charge in [0, 0.05) is 0 Å². The minimum atomic E-state index is -1.05. The van der Waals surface area contributed by atoms with E-state index in [4.69, 9.17) is 9.47 Å².